The van der Waals surface area contributed by atoms with Crippen molar-refractivity contribution in [2.24, 2.45) is 17.8 Å². The number of hydrogen-bond donors (Lipinski definition) is 1. The summed E-state index contributed by atoms with van der Waals surface area (Å²) in [5.41, 5.74) is 0.533. The van der Waals surface area contributed by atoms with Gasteiger partial charge in [0.15, 0.2) is 0 Å². The van der Waals surface area contributed by atoms with Crippen molar-refractivity contribution < 1.29 is 44.3 Å². The molecule has 0 heterocycles. The SMILES string of the molecule is CC(C)CC(C(=O)[O-])C(C)CC(=O)Nc1ccccc1Cl.[Na+]. The van der Waals surface area contributed by atoms with Crippen LogP contribution < -0.4 is 40.0 Å². The summed E-state index contributed by atoms with van der Waals surface area (Å²) < 4.78 is 0. The molecule has 1 N–H and O–H groups in total. The molecule has 2 unspecified atom stereocenters. The van der Waals surface area contributed by atoms with E-state index < -0.39 is 11.9 Å². The van der Waals surface area contributed by atoms with E-state index in [0.717, 1.165) is 0 Å². The van der Waals surface area contributed by atoms with Crippen LogP contribution in [0, 0.1) is 17.8 Å². The van der Waals surface area contributed by atoms with E-state index in [2.05, 4.69) is 5.32 Å². The summed E-state index contributed by atoms with van der Waals surface area (Å²) in [6.45, 7) is 5.66. The molecule has 0 bridgehead atoms. The van der Waals surface area contributed by atoms with Gasteiger partial charge in [0.2, 0.25) is 5.91 Å². The predicted molar refractivity (Wildman–Crippen MR) is 81.8 cm³/mol. The first-order valence-corrected chi connectivity index (χ1v) is 7.44. The fourth-order valence-electron chi connectivity index (χ4n) is 2.27. The molecule has 0 radical (unpaired) electrons. The van der Waals surface area contributed by atoms with Crippen molar-refractivity contribution in [3.05, 3.63) is 29.3 Å². The van der Waals surface area contributed by atoms with Gasteiger partial charge in [0.1, 0.15) is 0 Å². The first kappa shape index (κ1) is 21.4. The standard InChI is InChI=1S/C16H22ClNO3.Na/c1-10(2)8-12(16(20)21)11(3)9-15(19)18-14-7-5-4-6-13(14)17;/h4-7,10-12H,8-9H2,1-3H3,(H,18,19)(H,20,21);/q;+1/p-1. The smallest absolute Gasteiger partial charge is 0.550 e. The van der Waals surface area contributed by atoms with Crippen molar-refractivity contribution in [1.29, 1.82) is 0 Å². The molecule has 1 aromatic rings. The Morgan fingerprint density at radius 1 is 1.23 bits per heavy atom. The van der Waals surface area contributed by atoms with E-state index in [1.165, 1.54) is 0 Å². The summed E-state index contributed by atoms with van der Waals surface area (Å²) in [7, 11) is 0. The number of anilines is 1. The summed E-state index contributed by atoms with van der Waals surface area (Å²) in [5.74, 6) is -2.02. The summed E-state index contributed by atoms with van der Waals surface area (Å²) >= 11 is 5.97. The number of hydrogen-bond acceptors (Lipinski definition) is 3. The molecular weight excluding hydrogens is 313 g/mol. The zero-order valence-corrected chi connectivity index (χ0v) is 16.3. The molecule has 0 fully saturated rings. The van der Waals surface area contributed by atoms with Crippen LogP contribution >= 0.6 is 11.6 Å². The number of carbonyl (C=O) groups is 2. The van der Waals surface area contributed by atoms with E-state index in [0.29, 0.717) is 17.1 Å². The number of nitrogens with one attached hydrogen (secondary N) is 1. The zero-order valence-electron chi connectivity index (χ0n) is 13.6. The first-order valence-electron chi connectivity index (χ1n) is 7.06. The molecule has 0 spiro atoms. The predicted octanol–water partition coefficient (Wildman–Crippen LogP) is -0.279. The second-order valence-corrected chi connectivity index (χ2v) is 6.17. The number of rotatable bonds is 7. The third-order valence-electron chi connectivity index (χ3n) is 3.37. The van der Waals surface area contributed by atoms with Gasteiger partial charge < -0.3 is 15.2 Å². The minimum Gasteiger partial charge on any atom is -0.550 e. The third-order valence-corrected chi connectivity index (χ3v) is 3.70. The van der Waals surface area contributed by atoms with Gasteiger partial charge in [0.05, 0.1) is 10.7 Å². The summed E-state index contributed by atoms with van der Waals surface area (Å²) in [5, 5.41) is 14.4. The molecule has 0 aliphatic rings. The van der Waals surface area contributed by atoms with E-state index in [-0.39, 0.29) is 53.7 Å². The van der Waals surface area contributed by atoms with Crippen LogP contribution in [0.3, 0.4) is 0 Å². The minimum absolute atomic E-state index is 0. The van der Waals surface area contributed by atoms with E-state index in [1.54, 1.807) is 31.2 Å². The summed E-state index contributed by atoms with van der Waals surface area (Å²) in [6.07, 6.45) is 0.624. The Labute approximate surface area is 158 Å². The monoisotopic (exact) mass is 333 g/mol. The number of halogens is 1. The van der Waals surface area contributed by atoms with Crippen LogP contribution in [-0.4, -0.2) is 11.9 Å². The van der Waals surface area contributed by atoms with Crippen molar-refractivity contribution in [3.8, 4) is 0 Å². The average molecular weight is 334 g/mol. The molecule has 2 atom stereocenters. The van der Waals surface area contributed by atoms with Crippen LogP contribution in [0.2, 0.25) is 5.02 Å². The Morgan fingerprint density at radius 3 is 2.32 bits per heavy atom. The Morgan fingerprint density at radius 2 is 1.82 bits per heavy atom. The average Bonchev–Trinajstić information content (AvgIpc) is 2.38. The number of carbonyl (C=O) groups excluding carboxylic acids is 2. The van der Waals surface area contributed by atoms with Crippen LogP contribution in [0.5, 0.6) is 0 Å². The van der Waals surface area contributed by atoms with Gasteiger partial charge >= 0.3 is 29.6 Å². The largest absolute Gasteiger partial charge is 1.00 e. The third kappa shape index (κ3) is 7.14. The fourth-order valence-corrected chi connectivity index (χ4v) is 2.45. The molecule has 1 rings (SSSR count). The normalized spacial score (nSPS) is 13.1. The second-order valence-electron chi connectivity index (χ2n) is 5.76. The molecule has 22 heavy (non-hydrogen) atoms. The number of carboxylic acids is 1. The molecule has 0 saturated heterocycles. The Balaban J connectivity index is 0.00000441. The summed E-state index contributed by atoms with van der Waals surface area (Å²) in [4.78, 5) is 23.2. The first-order chi connectivity index (χ1) is 9.81. The molecule has 4 nitrogen and oxygen atoms in total. The van der Waals surface area contributed by atoms with Gasteiger partial charge in [-0.1, -0.05) is 44.5 Å². The van der Waals surface area contributed by atoms with Crippen molar-refractivity contribution in [2.45, 2.75) is 33.6 Å². The number of carboxylic acid groups (broad SMARTS) is 1. The molecule has 116 valence electrons. The maximum atomic E-state index is 12.0. The van der Waals surface area contributed by atoms with Gasteiger partial charge in [0, 0.05) is 18.3 Å². The molecule has 0 aliphatic carbocycles. The molecule has 1 amide bonds. The van der Waals surface area contributed by atoms with Gasteiger partial charge in [-0.3, -0.25) is 4.79 Å². The van der Waals surface area contributed by atoms with E-state index >= 15 is 0 Å². The van der Waals surface area contributed by atoms with E-state index in [9.17, 15) is 14.7 Å². The van der Waals surface area contributed by atoms with Crippen LogP contribution in [0.1, 0.15) is 33.6 Å². The second kappa shape index (κ2) is 10.3. The van der Waals surface area contributed by atoms with Gasteiger partial charge in [-0.15, -0.1) is 0 Å². The van der Waals surface area contributed by atoms with Crippen molar-refractivity contribution in [1.82, 2.24) is 0 Å². The van der Waals surface area contributed by atoms with Crippen molar-refractivity contribution in [3.63, 3.8) is 0 Å². The molecule has 1 aromatic carbocycles. The van der Waals surface area contributed by atoms with Gasteiger partial charge in [-0.2, -0.15) is 0 Å². The van der Waals surface area contributed by atoms with Crippen LogP contribution in [0.15, 0.2) is 24.3 Å². The summed E-state index contributed by atoms with van der Waals surface area (Å²) in [6, 6.07) is 6.93. The van der Waals surface area contributed by atoms with Crippen molar-refractivity contribution in [2.75, 3.05) is 5.32 Å². The zero-order chi connectivity index (χ0) is 16.0. The fraction of sp³-hybridized carbons (Fsp3) is 0.500. The maximum absolute atomic E-state index is 12.0. The van der Waals surface area contributed by atoms with Gasteiger partial charge in [-0.05, 0) is 30.4 Å². The topological polar surface area (TPSA) is 69.2 Å². The van der Waals surface area contributed by atoms with Crippen LogP contribution in [-0.2, 0) is 9.59 Å². The minimum atomic E-state index is -1.10. The number of benzene rings is 1. The molecule has 6 heteroatoms. The van der Waals surface area contributed by atoms with E-state index in [4.69, 9.17) is 11.6 Å². The molecule has 0 aromatic heterocycles. The number of para-hydroxylation sites is 1. The Kier molecular flexibility index (Phi) is 10.0. The van der Waals surface area contributed by atoms with Gasteiger partial charge in [-0.25, -0.2) is 0 Å². The Bertz CT molecular complexity index is 508. The quantitative estimate of drug-likeness (QED) is 0.698. The molecule has 0 saturated carbocycles. The molecular formula is C16H21ClNNaO3. The Hall–Kier alpha value is -0.550. The number of amides is 1. The maximum Gasteiger partial charge on any atom is 1.00 e. The van der Waals surface area contributed by atoms with E-state index in [1.807, 2.05) is 13.8 Å². The van der Waals surface area contributed by atoms with Crippen LogP contribution in [0.4, 0.5) is 5.69 Å². The van der Waals surface area contributed by atoms with Crippen molar-refractivity contribution >= 4 is 29.2 Å². The van der Waals surface area contributed by atoms with Crippen LogP contribution in [0.25, 0.3) is 0 Å². The van der Waals surface area contributed by atoms with Gasteiger partial charge in [0.25, 0.3) is 0 Å². The molecule has 0 aliphatic heterocycles. The number of aliphatic carboxylic acids is 1.